The first kappa shape index (κ1) is 20.3. The fraction of sp³-hybridized carbons (Fsp3) is 0.273. The molecule has 1 aliphatic heterocycles. The average Bonchev–Trinajstić information content (AvgIpc) is 3.35. The molecule has 0 saturated heterocycles. The van der Waals surface area contributed by atoms with Gasteiger partial charge in [-0.3, -0.25) is 4.79 Å². The predicted molar refractivity (Wildman–Crippen MR) is 114 cm³/mol. The van der Waals surface area contributed by atoms with E-state index in [4.69, 9.17) is 4.42 Å². The number of anilines is 1. The van der Waals surface area contributed by atoms with Gasteiger partial charge in [0, 0.05) is 37.7 Å². The number of carbonyl (C=O) groups is 1. The molecule has 4 rings (SSSR count). The predicted octanol–water partition coefficient (Wildman–Crippen LogP) is 3.08. The molecule has 0 atom stereocenters. The minimum absolute atomic E-state index is 0.0910. The molecule has 2 heterocycles. The number of hydrogen-bond donors (Lipinski definition) is 1. The van der Waals surface area contributed by atoms with Crippen LogP contribution in [0.2, 0.25) is 0 Å². The van der Waals surface area contributed by atoms with Gasteiger partial charge in [-0.1, -0.05) is 23.8 Å². The Kier molecular flexibility index (Phi) is 5.44. The van der Waals surface area contributed by atoms with E-state index in [1.54, 1.807) is 29.4 Å². The number of aryl methyl sites for hydroxylation is 1. The average molecular weight is 426 g/mol. The van der Waals surface area contributed by atoms with Crippen molar-refractivity contribution in [1.82, 2.24) is 9.71 Å². The van der Waals surface area contributed by atoms with Crippen LogP contribution in [-0.4, -0.2) is 32.4 Å². The largest absolute Gasteiger partial charge is 0.444 e. The maximum Gasteiger partial charge on any atom is 0.240 e. The summed E-state index contributed by atoms with van der Waals surface area (Å²) in [5, 5.41) is 0. The number of aromatic nitrogens is 1. The number of rotatable bonds is 6. The minimum atomic E-state index is -3.70. The van der Waals surface area contributed by atoms with Crippen LogP contribution in [0.1, 0.15) is 23.7 Å². The van der Waals surface area contributed by atoms with E-state index < -0.39 is 10.0 Å². The van der Waals surface area contributed by atoms with Gasteiger partial charge in [0.15, 0.2) is 0 Å². The lowest BCUT2D eigenvalue weighted by Crippen LogP contribution is -2.27. The second kappa shape index (κ2) is 8.04. The lowest BCUT2D eigenvalue weighted by molar-refractivity contribution is -0.116. The third-order valence-corrected chi connectivity index (χ3v) is 6.62. The molecule has 0 fully saturated rings. The van der Waals surface area contributed by atoms with Gasteiger partial charge in [-0.15, -0.1) is 0 Å². The standard InChI is InChI=1S/C22H23N3O4S/c1-15-3-5-18(6-4-15)22-24-19(14-29-22)9-11-23-30(27,28)20-8-7-17-10-12-25(16(2)26)21(17)13-20/h3-8,13-14,23H,9-12H2,1-2H3. The highest BCUT2D eigenvalue weighted by Gasteiger charge is 2.25. The van der Waals surface area contributed by atoms with Gasteiger partial charge in [0.1, 0.15) is 6.26 Å². The number of oxazole rings is 1. The molecule has 0 aliphatic carbocycles. The van der Waals surface area contributed by atoms with Crippen molar-refractivity contribution in [2.24, 2.45) is 0 Å². The zero-order valence-electron chi connectivity index (χ0n) is 16.9. The summed E-state index contributed by atoms with van der Waals surface area (Å²) in [6.07, 6.45) is 2.68. The fourth-order valence-electron chi connectivity index (χ4n) is 3.50. The second-order valence-electron chi connectivity index (χ2n) is 7.37. The van der Waals surface area contributed by atoms with Crippen molar-refractivity contribution >= 4 is 21.6 Å². The Hall–Kier alpha value is -2.97. The molecule has 1 aromatic heterocycles. The summed E-state index contributed by atoms with van der Waals surface area (Å²) in [6, 6.07) is 12.8. The molecule has 2 aromatic carbocycles. The van der Waals surface area contributed by atoms with Crippen molar-refractivity contribution in [2.45, 2.75) is 31.6 Å². The van der Waals surface area contributed by atoms with E-state index in [9.17, 15) is 13.2 Å². The van der Waals surface area contributed by atoms with Crippen LogP contribution in [-0.2, 0) is 27.7 Å². The van der Waals surface area contributed by atoms with E-state index >= 15 is 0 Å². The van der Waals surface area contributed by atoms with Crippen LogP contribution in [0.15, 0.2) is 58.0 Å². The number of nitrogens with zero attached hydrogens (tertiary/aromatic N) is 2. The molecule has 0 saturated carbocycles. The molecule has 30 heavy (non-hydrogen) atoms. The lowest BCUT2D eigenvalue weighted by atomic mass is 10.1. The number of carbonyl (C=O) groups excluding carboxylic acids is 1. The van der Waals surface area contributed by atoms with Gasteiger partial charge >= 0.3 is 0 Å². The van der Waals surface area contributed by atoms with Gasteiger partial charge in [0.2, 0.25) is 21.8 Å². The summed E-state index contributed by atoms with van der Waals surface area (Å²) in [6.45, 7) is 4.26. The number of nitrogens with one attached hydrogen (secondary N) is 1. The molecule has 156 valence electrons. The summed E-state index contributed by atoms with van der Waals surface area (Å²) in [7, 11) is -3.70. The first-order valence-corrected chi connectivity index (χ1v) is 11.2. The van der Waals surface area contributed by atoms with Crippen LogP contribution < -0.4 is 9.62 Å². The highest BCUT2D eigenvalue weighted by Crippen LogP contribution is 2.30. The molecule has 8 heteroatoms. The van der Waals surface area contributed by atoms with E-state index in [0.717, 1.165) is 23.1 Å². The van der Waals surface area contributed by atoms with Crippen molar-refractivity contribution in [3.63, 3.8) is 0 Å². The molecule has 1 amide bonds. The molecule has 3 aromatic rings. The van der Waals surface area contributed by atoms with Crippen LogP contribution in [0, 0.1) is 6.92 Å². The summed E-state index contributed by atoms with van der Waals surface area (Å²) >= 11 is 0. The highest BCUT2D eigenvalue weighted by atomic mass is 32.2. The lowest BCUT2D eigenvalue weighted by Gasteiger charge is -2.15. The zero-order valence-corrected chi connectivity index (χ0v) is 17.7. The summed E-state index contributed by atoms with van der Waals surface area (Å²) in [5.41, 5.74) is 4.35. The second-order valence-corrected chi connectivity index (χ2v) is 9.14. The Balaban J connectivity index is 1.41. The van der Waals surface area contributed by atoms with Gasteiger partial charge in [0.25, 0.3) is 0 Å². The Labute approximate surface area is 175 Å². The first-order valence-electron chi connectivity index (χ1n) is 9.75. The molecule has 1 N–H and O–H groups in total. The quantitative estimate of drug-likeness (QED) is 0.655. The Bertz CT molecular complexity index is 1180. The molecular weight excluding hydrogens is 402 g/mol. The van der Waals surface area contributed by atoms with Gasteiger partial charge in [0.05, 0.1) is 10.6 Å². The highest BCUT2D eigenvalue weighted by molar-refractivity contribution is 7.89. The monoisotopic (exact) mass is 425 g/mol. The Morgan fingerprint density at radius 1 is 1.20 bits per heavy atom. The normalized spacial score (nSPS) is 13.5. The van der Waals surface area contributed by atoms with Crippen LogP contribution >= 0.6 is 0 Å². The maximum absolute atomic E-state index is 12.7. The van der Waals surface area contributed by atoms with Crippen molar-refractivity contribution in [1.29, 1.82) is 0 Å². The molecule has 0 bridgehead atoms. The summed E-state index contributed by atoms with van der Waals surface area (Å²) in [4.78, 5) is 18.0. The number of amides is 1. The van der Waals surface area contributed by atoms with Crippen molar-refractivity contribution in [3.05, 3.63) is 65.5 Å². The van der Waals surface area contributed by atoms with Crippen molar-refractivity contribution in [2.75, 3.05) is 18.0 Å². The topological polar surface area (TPSA) is 92.5 Å². The molecule has 0 unspecified atom stereocenters. The summed E-state index contributed by atoms with van der Waals surface area (Å²) in [5.74, 6) is 0.419. The number of hydrogen-bond acceptors (Lipinski definition) is 5. The van der Waals surface area contributed by atoms with Crippen LogP contribution in [0.4, 0.5) is 5.69 Å². The van der Waals surface area contributed by atoms with E-state index in [-0.39, 0.29) is 17.3 Å². The van der Waals surface area contributed by atoms with E-state index in [2.05, 4.69) is 9.71 Å². The van der Waals surface area contributed by atoms with Crippen molar-refractivity contribution in [3.8, 4) is 11.5 Å². The molecule has 1 aliphatic rings. The van der Waals surface area contributed by atoms with E-state index in [0.29, 0.717) is 30.2 Å². The van der Waals surface area contributed by atoms with Crippen molar-refractivity contribution < 1.29 is 17.6 Å². The minimum Gasteiger partial charge on any atom is -0.444 e. The third kappa shape index (κ3) is 4.15. The van der Waals surface area contributed by atoms with Gasteiger partial charge in [-0.25, -0.2) is 18.1 Å². The number of sulfonamides is 1. The fourth-order valence-corrected chi connectivity index (χ4v) is 4.55. The molecular formula is C22H23N3O4S. The number of fused-ring (bicyclic) bond motifs is 1. The van der Waals surface area contributed by atoms with Gasteiger partial charge in [-0.05, 0) is 43.2 Å². The molecule has 0 radical (unpaired) electrons. The molecule has 0 spiro atoms. The smallest absolute Gasteiger partial charge is 0.240 e. The van der Waals surface area contributed by atoms with Crippen LogP contribution in [0.5, 0.6) is 0 Å². The van der Waals surface area contributed by atoms with E-state index in [1.165, 1.54) is 6.92 Å². The SMILES string of the molecule is CC(=O)N1CCc2ccc(S(=O)(=O)NCCc3coc(-c4ccc(C)cc4)n3)cc21. The molecule has 7 nitrogen and oxygen atoms in total. The summed E-state index contributed by atoms with van der Waals surface area (Å²) < 4.78 is 33.5. The maximum atomic E-state index is 12.7. The third-order valence-electron chi connectivity index (χ3n) is 5.17. The Morgan fingerprint density at radius 3 is 2.70 bits per heavy atom. The van der Waals surface area contributed by atoms with E-state index in [1.807, 2.05) is 31.2 Å². The Morgan fingerprint density at radius 2 is 1.97 bits per heavy atom. The zero-order chi connectivity index (χ0) is 21.3. The first-order chi connectivity index (χ1) is 14.3. The van der Waals surface area contributed by atoms with Crippen LogP contribution in [0.3, 0.4) is 0 Å². The van der Waals surface area contributed by atoms with Crippen LogP contribution in [0.25, 0.3) is 11.5 Å². The van der Waals surface area contributed by atoms with Gasteiger partial charge < -0.3 is 9.32 Å². The number of benzene rings is 2. The van der Waals surface area contributed by atoms with Gasteiger partial charge in [-0.2, -0.15) is 0 Å².